The van der Waals surface area contributed by atoms with Gasteiger partial charge in [-0.2, -0.15) is 0 Å². The first-order chi connectivity index (χ1) is 14.2. The Labute approximate surface area is 185 Å². The fourth-order valence-corrected chi connectivity index (χ4v) is 5.10. The molecular weight excluding hydrogens is 402 g/mol. The monoisotopic (exact) mass is 435 g/mol. The summed E-state index contributed by atoms with van der Waals surface area (Å²) in [4.78, 5) is 28.9. The standard InChI is InChI=1S/C23H33N3O3.ClH/c1-2-29-22(27)19-5-9-21(10-6-19)26-16-15-25(23(26)28)20-7-3-17(4-8-20)18-11-13-24-14-12-18;/h3-4,7-8,18-19,21,24H,2,5-6,9-16H2,1H3;1H. The molecule has 4 rings (SSSR count). The normalized spacial score (nSPS) is 25.2. The van der Waals surface area contributed by atoms with Crippen molar-refractivity contribution < 1.29 is 14.3 Å². The van der Waals surface area contributed by atoms with Gasteiger partial charge >= 0.3 is 12.0 Å². The van der Waals surface area contributed by atoms with Crippen LogP contribution in [0.2, 0.25) is 0 Å². The number of esters is 1. The van der Waals surface area contributed by atoms with Crippen molar-refractivity contribution in [3.63, 3.8) is 0 Å². The van der Waals surface area contributed by atoms with Gasteiger partial charge in [0.25, 0.3) is 0 Å². The minimum Gasteiger partial charge on any atom is -0.466 e. The fraction of sp³-hybridized carbons (Fsp3) is 0.652. The first kappa shape index (κ1) is 22.9. The van der Waals surface area contributed by atoms with Crippen LogP contribution in [0.1, 0.15) is 56.9 Å². The molecule has 30 heavy (non-hydrogen) atoms. The summed E-state index contributed by atoms with van der Waals surface area (Å²) < 4.78 is 5.16. The Kier molecular flexibility index (Phi) is 8.00. The fourth-order valence-electron chi connectivity index (χ4n) is 5.10. The Morgan fingerprint density at radius 2 is 1.70 bits per heavy atom. The summed E-state index contributed by atoms with van der Waals surface area (Å²) in [7, 11) is 0. The molecule has 3 fully saturated rings. The number of nitrogens with one attached hydrogen (secondary N) is 1. The van der Waals surface area contributed by atoms with E-state index in [1.807, 2.05) is 16.7 Å². The quantitative estimate of drug-likeness (QED) is 0.711. The third-order valence-electron chi connectivity index (χ3n) is 6.81. The number of carbonyl (C=O) groups excluding carboxylic acids is 2. The van der Waals surface area contributed by atoms with E-state index in [0.717, 1.165) is 57.5 Å². The molecule has 2 amide bonds. The van der Waals surface area contributed by atoms with E-state index in [2.05, 4.69) is 29.6 Å². The Morgan fingerprint density at radius 1 is 1.03 bits per heavy atom. The maximum atomic E-state index is 13.1. The van der Waals surface area contributed by atoms with Crippen LogP contribution in [-0.2, 0) is 9.53 Å². The lowest BCUT2D eigenvalue weighted by molar-refractivity contribution is -0.149. The van der Waals surface area contributed by atoms with Gasteiger partial charge < -0.3 is 15.0 Å². The molecule has 0 radical (unpaired) electrons. The van der Waals surface area contributed by atoms with Gasteiger partial charge in [-0.25, -0.2) is 4.79 Å². The lowest BCUT2D eigenvalue weighted by atomic mass is 9.85. The van der Waals surface area contributed by atoms with E-state index in [0.29, 0.717) is 12.5 Å². The van der Waals surface area contributed by atoms with Crippen molar-refractivity contribution >= 4 is 30.1 Å². The van der Waals surface area contributed by atoms with Crippen molar-refractivity contribution in [3.05, 3.63) is 29.8 Å². The van der Waals surface area contributed by atoms with Crippen molar-refractivity contribution in [2.75, 3.05) is 37.7 Å². The molecule has 7 heteroatoms. The smallest absolute Gasteiger partial charge is 0.324 e. The van der Waals surface area contributed by atoms with Crippen LogP contribution in [0.4, 0.5) is 10.5 Å². The van der Waals surface area contributed by atoms with Crippen molar-refractivity contribution in [2.45, 2.75) is 57.4 Å². The Morgan fingerprint density at radius 3 is 2.33 bits per heavy atom. The third kappa shape index (κ3) is 4.92. The average molecular weight is 436 g/mol. The first-order valence-corrected chi connectivity index (χ1v) is 11.2. The molecule has 1 N–H and O–H groups in total. The summed E-state index contributed by atoms with van der Waals surface area (Å²) in [6.07, 6.45) is 5.78. The average Bonchev–Trinajstić information content (AvgIpc) is 3.16. The van der Waals surface area contributed by atoms with Crippen LogP contribution in [-0.4, -0.2) is 55.7 Å². The second kappa shape index (κ2) is 10.5. The van der Waals surface area contributed by atoms with Crippen LogP contribution < -0.4 is 10.2 Å². The zero-order chi connectivity index (χ0) is 20.2. The number of benzene rings is 1. The summed E-state index contributed by atoms with van der Waals surface area (Å²) >= 11 is 0. The van der Waals surface area contributed by atoms with E-state index in [4.69, 9.17) is 4.74 Å². The van der Waals surface area contributed by atoms with Gasteiger partial charge in [0.15, 0.2) is 0 Å². The number of nitrogens with zero attached hydrogens (tertiary/aromatic N) is 2. The van der Waals surface area contributed by atoms with Crippen molar-refractivity contribution in [3.8, 4) is 0 Å². The van der Waals surface area contributed by atoms with Crippen LogP contribution in [0.3, 0.4) is 0 Å². The number of rotatable bonds is 5. The van der Waals surface area contributed by atoms with Gasteiger partial charge in [0.1, 0.15) is 0 Å². The molecule has 1 aromatic rings. The highest BCUT2D eigenvalue weighted by Crippen LogP contribution is 2.32. The van der Waals surface area contributed by atoms with Gasteiger partial charge in [0.05, 0.1) is 12.5 Å². The van der Waals surface area contributed by atoms with Crippen molar-refractivity contribution in [1.82, 2.24) is 10.2 Å². The third-order valence-corrected chi connectivity index (χ3v) is 6.81. The molecule has 166 valence electrons. The molecule has 2 heterocycles. The van der Waals surface area contributed by atoms with Gasteiger partial charge in [-0.05, 0) is 82.2 Å². The summed E-state index contributed by atoms with van der Waals surface area (Å²) in [5, 5.41) is 3.41. The number of hydrogen-bond donors (Lipinski definition) is 1. The Balaban J connectivity index is 0.00000256. The number of amides is 2. The van der Waals surface area contributed by atoms with Crippen LogP contribution >= 0.6 is 12.4 Å². The van der Waals surface area contributed by atoms with Crippen molar-refractivity contribution in [2.24, 2.45) is 5.92 Å². The molecule has 0 aromatic heterocycles. The number of anilines is 1. The Bertz CT molecular complexity index is 713. The lowest BCUT2D eigenvalue weighted by Crippen LogP contribution is -2.42. The van der Waals surface area contributed by atoms with Crippen molar-refractivity contribution in [1.29, 1.82) is 0 Å². The van der Waals surface area contributed by atoms with Gasteiger partial charge in [-0.1, -0.05) is 12.1 Å². The molecular formula is C23H34ClN3O3. The number of hydrogen-bond acceptors (Lipinski definition) is 4. The van der Waals surface area contributed by atoms with E-state index in [9.17, 15) is 9.59 Å². The van der Waals surface area contributed by atoms with Crippen LogP contribution in [0.5, 0.6) is 0 Å². The highest BCUT2D eigenvalue weighted by molar-refractivity contribution is 5.94. The summed E-state index contributed by atoms with van der Waals surface area (Å²) in [5.41, 5.74) is 2.38. The maximum Gasteiger partial charge on any atom is 0.324 e. The van der Waals surface area contributed by atoms with E-state index in [-0.39, 0.29) is 36.4 Å². The lowest BCUT2D eigenvalue weighted by Gasteiger charge is -2.33. The van der Waals surface area contributed by atoms with E-state index < -0.39 is 0 Å². The van der Waals surface area contributed by atoms with E-state index in [1.54, 1.807) is 0 Å². The number of urea groups is 1. The van der Waals surface area contributed by atoms with E-state index in [1.165, 1.54) is 18.4 Å². The molecule has 0 atom stereocenters. The number of halogens is 1. The van der Waals surface area contributed by atoms with Crippen LogP contribution in [0.25, 0.3) is 0 Å². The second-order valence-corrected chi connectivity index (χ2v) is 8.50. The predicted molar refractivity (Wildman–Crippen MR) is 120 cm³/mol. The highest BCUT2D eigenvalue weighted by atomic mass is 35.5. The minimum atomic E-state index is -0.0749. The second-order valence-electron chi connectivity index (χ2n) is 8.50. The SMILES string of the molecule is CCOC(=O)C1CCC(N2CCN(c3ccc(C4CCNCC4)cc3)C2=O)CC1.Cl. The van der Waals surface area contributed by atoms with Crippen LogP contribution in [0.15, 0.2) is 24.3 Å². The summed E-state index contributed by atoms with van der Waals surface area (Å²) in [5.74, 6) is 0.558. The maximum absolute atomic E-state index is 13.1. The van der Waals surface area contributed by atoms with Gasteiger partial charge in [-0.15, -0.1) is 12.4 Å². The largest absolute Gasteiger partial charge is 0.466 e. The molecule has 1 saturated carbocycles. The summed E-state index contributed by atoms with van der Waals surface area (Å²) in [6.45, 7) is 5.97. The van der Waals surface area contributed by atoms with Gasteiger partial charge in [0, 0.05) is 24.8 Å². The van der Waals surface area contributed by atoms with Gasteiger partial charge in [-0.3, -0.25) is 9.69 Å². The number of carbonyl (C=O) groups is 2. The topological polar surface area (TPSA) is 61.9 Å². The summed E-state index contributed by atoms with van der Waals surface area (Å²) in [6, 6.07) is 8.97. The molecule has 0 bridgehead atoms. The molecule has 0 spiro atoms. The van der Waals surface area contributed by atoms with E-state index >= 15 is 0 Å². The van der Waals surface area contributed by atoms with Crippen LogP contribution in [0, 0.1) is 5.92 Å². The first-order valence-electron chi connectivity index (χ1n) is 11.2. The Hall–Kier alpha value is -1.79. The molecule has 0 unspecified atom stereocenters. The highest BCUT2D eigenvalue weighted by Gasteiger charge is 2.37. The zero-order valence-electron chi connectivity index (χ0n) is 17.8. The molecule has 2 saturated heterocycles. The zero-order valence-corrected chi connectivity index (χ0v) is 18.7. The molecule has 1 aromatic carbocycles. The molecule has 1 aliphatic carbocycles. The number of piperidine rings is 1. The molecule has 3 aliphatic rings. The molecule has 2 aliphatic heterocycles. The predicted octanol–water partition coefficient (Wildman–Crippen LogP) is 3.94. The minimum absolute atomic E-state index is 0. The molecule has 6 nitrogen and oxygen atoms in total. The number of ether oxygens (including phenoxy) is 1. The van der Waals surface area contributed by atoms with Gasteiger partial charge in [0.2, 0.25) is 0 Å².